The molecule has 1 unspecified atom stereocenters. The first-order chi connectivity index (χ1) is 9.70. The molecule has 4 aliphatic rings. The van der Waals surface area contributed by atoms with E-state index in [0.717, 1.165) is 42.0 Å². The van der Waals surface area contributed by atoms with Crippen molar-refractivity contribution in [2.24, 2.45) is 36.6 Å². The van der Waals surface area contributed by atoms with E-state index in [9.17, 15) is 0 Å². The Morgan fingerprint density at radius 1 is 1.20 bits per heavy atom. The molecule has 20 heavy (non-hydrogen) atoms. The fraction of sp³-hybridized carbons (Fsp3) is 0.875. The predicted octanol–water partition coefficient (Wildman–Crippen LogP) is 2.37. The van der Waals surface area contributed by atoms with E-state index in [1.165, 1.54) is 25.7 Å². The first kappa shape index (κ1) is 12.8. The summed E-state index contributed by atoms with van der Waals surface area (Å²) in [6, 6.07) is 0.613. The molecule has 4 fully saturated rings. The van der Waals surface area contributed by atoms with Crippen molar-refractivity contribution in [3.8, 4) is 0 Å². The van der Waals surface area contributed by atoms with E-state index in [0.29, 0.717) is 6.04 Å². The van der Waals surface area contributed by atoms with Gasteiger partial charge in [-0.2, -0.15) is 0 Å². The number of nitrogens with zero attached hydrogens (tertiary/aromatic N) is 3. The zero-order valence-corrected chi connectivity index (χ0v) is 12.6. The zero-order chi connectivity index (χ0) is 13.7. The van der Waals surface area contributed by atoms with Gasteiger partial charge in [0.2, 0.25) is 0 Å². The van der Waals surface area contributed by atoms with Crippen molar-refractivity contribution in [3.05, 3.63) is 12.2 Å². The smallest absolute Gasteiger partial charge is 0.146 e. The number of aryl methyl sites for hydroxylation is 1. The molecule has 0 saturated heterocycles. The molecule has 1 aromatic heterocycles. The Kier molecular flexibility index (Phi) is 3.09. The minimum Gasteiger partial charge on any atom is -0.320 e. The second-order valence-electron chi connectivity index (χ2n) is 7.54. The van der Waals surface area contributed by atoms with E-state index in [-0.39, 0.29) is 0 Å². The van der Waals surface area contributed by atoms with Crippen LogP contribution in [0, 0.1) is 29.6 Å². The molecule has 0 radical (unpaired) electrons. The standard InChI is InChI=1S/C16H26N4/c1-10(17-8-15-19-18-9-20(15)2)16-13-4-11-3-12(6-13)7-14(16)5-11/h9-14,16-17H,3-8H2,1-2H3. The highest BCUT2D eigenvalue weighted by atomic mass is 15.3. The molecule has 4 heteroatoms. The Morgan fingerprint density at radius 2 is 1.85 bits per heavy atom. The van der Waals surface area contributed by atoms with Crippen LogP contribution in [-0.4, -0.2) is 20.8 Å². The molecule has 0 amide bonds. The molecule has 1 N–H and O–H groups in total. The van der Waals surface area contributed by atoms with Crippen molar-refractivity contribution in [2.45, 2.75) is 51.6 Å². The maximum atomic E-state index is 4.17. The topological polar surface area (TPSA) is 42.7 Å². The molecule has 4 saturated carbocycles. The van der Waals surface area contributed by atoms with Gasteiger partial charge in [-0.25, -0.2) is 0 Å². The highest BCUT2D eigenvalue weighted by Gasteiger charge is 2.49. The Hall–Kier alpha value is -0.900. The highest BCUT2D eigenvalue weighted by Crippen LogP contribution is 2.57. The van der Waals surface area contributed by atoms with Crippen LogP contribution in [0.3, 0.4) is 0 Å². The van der Waals surface area contributed by atoms with Crippen LogP contribution >= 0.6 is 0 Å². The van der Waals surface area contributed by atoms with Gasteiger partial charge < -0.3 is 9.88 Å². The molecule has 0 aliphatic heterocycles. The average Bonchev–Trinajstić information content (AvgIpc) is 2.80. The molecule has 4 bridgehead atoms. The number of aromatic nitrogens is 3. The van der Waals surface area contributed by atoms with Crippen LogP contribution in [0.2, 0.25) is 0 Å². The molecule has 0 aromatic carbocycles. The van der Waals surface area contributed by atoms with Gasteiger partial charge in [-0.1, -0.05) is 0 Å². The lowest BCUT2D eigenvalue weighted by Crippen LogP contribution is -2.52. The summed E-state index contributed by atoms with van der Waals surface area (Å²) >= 11 is 0. The second-order valence-corrected chi connectivity index (χ2v) is 7.54. The third-order valence-electron chi connectivity index (χ3n) is 6.26. The van der Waals surface area contributed by atoms with Crippen LogP contribution in [0.15, 0.2) is 6.33 Å². The Morgan fingerprint density at radius 3 is 2.40 bits per heavy atom. The summed E-state index contributed by atoms with van der Waals surface area (Å²) in [7, 11) is 2.02. The summed E-state index contributed by atoms with van der Waals surface area (Å²) in [5.41, 5.74) is 0. The van der Waals surface area contributed by atoms with Crippen LogP contribution in [0.4, 0.5) is 0 Å². The summed E-state index contributed by atoms with van der Waals surface area (Å²) in [5.74, 6) is 6.07. The fourth-order valence-electron chi connectivity index (χ4n) is 5.64. The first-order valence-corrected chi connectivity index (χ1v) is 8.27. The van der Waals surface area contributed by atoms with Crippen molar-refractivity contribution in [2.75, 3.05) is 0 Å². The quantitative estimate of drug-likeness (QED) is 0.916. The number of hydrogen-bond acceptors (Lipinski definition) is 3. The van der Waals surface area contributed by atoms with E-state index in [4.69, 9.17) is 0 Å². The third-order valence-corrected chi connectivity index (χ3v) is 6.26. The van der Waals surface area contributed by atoms with Gasteiger partial charge in [0.25, 0.3) is 0 Å². The lowest BCUT2D eigenvalue weighted by molar-refractivity contribution is -0.0495. The third kappa shape index (κ3) is 2.09. The summed E-state index contributed by atoms with van der Waals surface area (Å²) in [4.78, 5) is 0. The minimum atomic E-state index is 0.613. The molecule has 4 aliphatic carbocycles. The molecule has 4 nitrogen and oxygen atoms in total. The number of nitrogens with one attached hydrogen (secondary N) is 1. The lowest BCUT2D eigenvalue weighted by Gasteiger charge is -2.56. The molecule has 1 heterocycles. The van der Waals surface area contributed by atoms with E-state index >= 15 is 0 Å². The van der Waals surface area contributed by atoms with E-state index < -0.39 is 0 Å². The highest BCUT2D eigenvalue weighted by molar-refractivity contribution is 5.01. The molecular formula is C16H26N4. The largest absolute Gasteiger partial charge is 0.320 e. The van der Waals surface area contributed by atoms with Crippen molar-refractivity contribution >= 4 is 0 Å². The fourth-order valence-corrected chi connectivity index (χ4v) is 5.64. The molecule has 1 aromatic rings. The normalized spacial score (nSPS) is 40.2. The molecule has 1 atom stereocenters. The SMILES string of the molecule is CC(NCc1nncn1C)C1C2CC3CC(C2)CC1C3. The van der Waals surface area contributed by atoms with Gasteiger partial charge in [0.05, 0.1) is 6.54 Å². The number of hydrogen-bond donors (Lipinski definition) is 1. The minimum absolute atomic E-state index is 0.613. The Labute approximate surface area is 121 Å². The molecule has 5 rings (SSSR count). The van der Waals surface area contributed by atoms with Gasteiger partial charge in [0.15, 0.2) is 0 Å². The van der Waals surface area contributed by atoms with Crippen LogP contribution < -0.4 is 5.32 Å². The predicted molar refractivity (Wildman–Crippen MR) is 77.8 cm³/mol. The van der Waals surface area contributed by atoms with Crippen LogP contribution in [-0.2, 0) is 13.6 Å². The summed E-state index contributed by atoms with van der Waals surface area (Å²) < 4.78 is 2.01. The van der Waals surface area contributed by atoms with Gasteiger partial charge in [-0.05, 0) is 68.6 Å². The summed E-state index contributed by atoms with van der Waals surface area (Å²) in [5, 5.41) is 11.9. The Bertz CT molecular complexity index is 453. The average molecular weight is 274 g/mol. The zero-order valence-electron chi connectivity index (χ0n) is 12.6. The van der Waals surface area contributed by atoms with Crippen LogP contribution in [0.1, 0.15) is 44.9 Å². The van der Waals surface area contributed by atoms with Crippen molar-refractivity contribution in [1.82, 2.24) is 20.1 Å². The monoisotopic (exact) mass is 274 g/mol. The van der Waals surface area contributed by atoms with Gasteiger partial charge in [0, 0.05) is 13.1 Å². The second kappa shape index (κ2) is 4.83. The van der Waals surface area contributed by atoms with Crippen LogP contribution in [0.5, 0.6) is 0 Å². The van der Waals surface area contributed by atoms with E-state index in [1.807, 2.05) is 11.6 Å². The summed E-state index contributed by atoms with van der Waals surface area (Å²) in [6.07, 6.45) is 9.35. The van der Waals surface area contributed by atoms with E-state index in [1.54, 1.807) is 12.7 Å². The van der Waals surface area contributed by atoms with Gasteiger partial charge in [0.1, 0.15) is 12.2 Å². The van der Waals surface area contributed by atoms with Crippen molar-refractivity contribution < 1.29 is 0 Å². The van der Waals surface area contributed by atoms with Gasteiger partial charge in [-0.15, -0.1) is 10.2 Å². The van der Waals surface area contributed by atoms with Crippen LogP contribution in [0.25, 0.3) is 0 Å². The lowest BCUT2D eigenvalue weighted by atomic mass is 9.50. The van der Waals surface area contributed by atoms with Crippen molar-refractivity contribution in [3.63, 3.8) is 0 Å². The Balaban J connectivity index is 1.41. The first-order valence-electron chi connectivity index (χ1n) is 8.27. The molecule has 0 spiro atoms. The van der Waals surface area contributed by atoms with Crippen molar-refractivity contribution in [1.29, 1.82) is 0 Å². The molecule has 110 valence electrons. The maximum absolute atomic E-state index is 4.17. The van der Waals surface area contributed by atoms with E-state index in [2.05, 4.69) is 22.4 Å². The number of rotatable bonds is 4. The van der Waals surface area contributed by atoms with Gasteiger partial charge in [-0.3, -0.25) is 0 Å². The molecular weight excluding hydrogens is 248 g/mol. The van der Waals surface area contributed by atoms with Gasteiger partial charge >= 0.3 is 0 Å². The maximum Gasteiger partial charge on any atom is 0.146 e. The summed E-state index contributed by atoms with van der Waals surface area (Å²) in [6.45, 7) is 3.24.